The van der Waals surface area contributed by atoms with Crippen LogP contribution in [0.4, 0.5) is 0 Å². The number of aryl methyl sites for hydroxylation is 1. The highest BCUT2D eigenvalue weighted by Gasteiger charge is 2.18. The topological polar surface area (TPSA) is 81.3 Å². The Kier molecular flexibility index (Phi) is 6.63. The third kappa shape index (κ3) is 4.83. The van der Waals surface area contributed by atoms with Crippen LogP contribution in [0.1, 0.15) is 18.9 Å². The van der Waals surface area contributed by atoms with Crippen molar-refractivity contribution < 1.29 is 4.79 Å². The molecule has 0 radical (unpaired) electrons. The van der Waals surface area contributed by atoms with Crippen molar-refractivity contribution in [2.24, 2.45) is 0 Å². The van der Waals surface area contributed by atoms with Gasteiger partial charge in [0.1, 0.15) is 0 Å². The van der Waals surface area contributed by atoms with E-state index in [0.717, 1.165) is 12.8 Å². The maximum Gasteiger partial charge on any atom is 0.267 e. The predicted octanol–water partition coefficient (Wildman–Crippen LogP) is 4.26. The van der Waals surface area contributed by atoms with E-state index in [1.54, 1.807) is 10.6 Å². The van der Waals surface area contributed by atoms with E-state index in [-0.39, 0.29) is 23.3 Å². The zero-order valence-corrected chi connectivity index (χ0v) is 20.1. The van der Waals surface area contributed by atoms with E-state index in [2.05, 4.69) is 27.6 Å². The predicted molar refractivity (Wildman–Crippen MR) is 139 cm³/mol. The number of aromatic nitrogens is 4. The molecule has 0 aliphatic carbocycles. The SMILES string of the molecule is C[C@@H](CCc1ccccc1)NC(=O)CSc1nnc2n(-c3ccccc3)c(=O)c3ccccc3n12. The van der Waals surface area contributed by atoms with Crippen molar-refractivity contribution in [3.8, 4) is 5.69 Å². The minimum Gasteiger partial charge on any atom is -0.353 e. The molecule has 0 saturated carbocycles. The third-order valence-corrected chi connectivity index (χ3v) is 6.79. The summed E-state index contributed by atoms with van der Waals surface area (Å²) in [6, 6.07) is 27.1. The summed E-state index contributed by atoms with van der Waals surface area (Å²) in [5.74, 6) is 0.557. The van der Waals surface area contributed by atoms with Crippen molar-refractivity contribution in [1.29, 1.82) is 0 Å². The highest BCUT2D eigenvalue weighted by molar-refractivity contribution is 7.99. The van der Waals surface area contributed by atoms with Gasteiger partial charge in [0.15, 0.2) is 5.16 Å². The molecular formula is C27H25N5O2S. The summed E-state index contributed by atoms with van der Waals surface area (Å²) in [6.07, 6.45) is 1.77. The standard InChI is InChI=1S/C27H25N5O2S/c1-19(16-17-20-10-4-2-5-11-20)28-24(33)18-35-27-30-29-26-31(21-12-6-3-7-13-21)25(34)22-14-8-9-15-23(22)32(26)27/h2-15,19H,16-18H2,1H3,(H,28,33)/t19-/m0/s1. The van der Waals surface area contributed by atoms with Gasteiger partial charge in [-0.15, -0.1) is 10.2 Å². The largest absolute Gasteiger partial charge is 0.353 e. The van der Waals surface area contributed by atoms with Crippen LogP contribution in [0.3, 0.4) is 0 Å². The molecule has 0 bridgehead atoms. The zero-order chi connectivity index (χ0) is 24.2. The minimum absolute atomic E-state index is 0.0579. The number of thioether (sulfide) groups is 1. The molecule has 0 aliphatic rings. The van der Waals surface area contributed by atoms with Gasteiger partial charge in [-0.25, -0.2) is 4.57 Å². The number of rotatable bonds is 8. The molecule has 0 spiro atoms. The fourth-order valence-electron chi connectivity index (χ4n) is 4.13. The normalized spacial score (nSPS) is 12.1. The Morgan fingerprint density at radius 1 is 0.943 bits per heavy atom. The lowest BCUT2D eigenvalue weighted by Gasteiger charge is -2.14. The smallest absolute Gasteiger partial charge is 0.267 e. The van der Waals surface area contributed by atoms with Crippen molar-refractivity contribution in [2.75, 3.05) is 5.75 Å². The summed E-state index contributed by atoms with van der Waals surface area (Å²) >= 11 is 1.31. The number of carbonyl (C=O) groups is 1. The lowest BCUT2D eigenvalue weighted by Crippen LogP contribution is -2.34. The maximum absolute atomic E-state index is 13.3. The molecule has 7 nitrogen and oxygen atoms in total. The Balaban J connectivity index is 1.37. The van der Waals surface area contributed by atoms with Crippen LogP contribution in [-0.2, 0) is 11.2 Å². The molecule has 2 aromatic heterocycles. The van der Waals surface area contributed by atoms with E-state index >= 15 is 0 Å². The number of benzene rings is 3. The first-order chi connectivity index (χ1) is 17.1. The summed E-state index contributed by atoms with van der Waals surface area (Å²) in [5, 5.41) is 12.9. The fraction of sp³-hybridized carbons (Fsp3) is 0.185. The molecular weight excluding hydrogens is 458 g/mol. The van der Waals surface area contributed by atoms with Crippen molar-refractivity contribution in [2.45, 2.75) is 31.0 Å². The molecule has 5 aromatic rings. The van der Waals surface area contributed by atoms with Gasteiger partial charge in [0.2, 0.25) is 11.7 Å². The van der Waals surface area contributed by atoms with Crippen molar-refractivity contribution in [3.63, 3.8) is 0 Å². The molecule has 1 amide bonds. The van der Waals surface area contributed by atoms with Gasteiger partial charge in [0.25, 0.3) is 5.56 Å². The van der Waals surface area contributed by atoms with Crippen LogP contribution in [0.15, 0.2) is 94.9 Å². The van der Waals surface area contributed by atoms with Gasteiger partial charge in [0.05, 0.1) is 22.3 Å². The Morgan fingerprint density at radius 2 is 1.63 bits per heavy atom. The number of nitrogens with one attached hydrogen (secondary N) is 1. The van der Waals surface area contributed by atoms with Gasteiger partial charge >= 0.3 is 0 Å². The van der Waals surface area contributed by atoms with E-state index in [4.69, 9.17) is 0 Å². The number of hydrogen-bond donors (Lipinski definition) is 1. The second-order valence-electron chi connectivity index (χ2n) is 8.39. The van der Waals surface area contributed by atoms with E-state index in [1.807, 2.05) is 78.1 Å². The minimum atomic E-state index is -0.159. The average molecular weight is 484 g/mol. The molecule has 5 rings (SSSR count). The second-order valence-corrected chi connectivity index (χ2v) is 9.34. The average Bonchev–Trinajstić information content (AvgIpc) is 3.31. The van der Waals surface area contributed by atoms with Crippen molar-refractivity contribution in [1.82, 2.24) is 24.5 Å². The number of carbonyl (C=O) groups excluding carboxylic acids is 1. The van der Waals surface area contributed by atoms with E-state index in [0.29, 0.717) is 27.5 Å². The Bertz CT molecular complexity index is 1530. The van der Waals surface area contributed by atoms with Gasteiger partial charge in [-0.3, -0.25) is 14.0 Å². The van der Waals surface area contributed by atoms with Crippen LogP contribution in [0.5, 0.6) is 0 Å². The zero-order valence-electron chi connectivity index (χ0n) is 19.3. The molecule has 0 saturated heterocycles. The summed E-state index contributed by atoms with van der Waals surface area (Å²) in [7, 11) is 0. The van der Waals surface area contributed by atoms with Gasteiger partial charge in [-0.1, -0.05) is 72.4 Å². The molecule has 176 valence electrons. The van der Waals surface area contributed by atoms with Gasteiger partial charge in [-0.05, 0) is 49.6 Å². The molecule has 0 fully saturated rings. The summed E-state index contributed by atoms with van der Waals surface area (Å²) < 4.78 is 3.41. The number of fused-ring (bicyclic) bond motifs is 3. The van der Waals surface area contributed by atoms with Gasteiger partial charge in [-0.2, -0.15) is 0 Å². The third-order valence-electron chi connectivity index (χ3n) is 5.86. The highest BCUT2D eigenvalue weighted by atomic mass is 32.2. The molecule has 8 heteroatoms. The van der Waals surface area contributed by atoms with Gasteiger partial charge in [0, 0.05) is 6.04 Å². The molecule has 2 heterocycles. The first kappa shape index (κ1) is 22.9. The Morgan fingerprint density at radius 3 is 2.40 bits per heavy atom. The highest BCUT2D eigenvalue weighted by Crippen LogP contribution is 2.23. The van der Waals surface area contributed by atoms with E-state index < -0.39 is 0 Å². The number of nitrogens with zero attached hydrogens (tertiary/aromatic N) is 4. The fourth-order valence-corrected chi connectivity index (χ4v) is 4.88. The Hall–Kier alpha value is -3.91. The lowest BCUT2D eigenvalue weighted by molar-refractivity contribution is -0.119. The van der Waals surface area contributed by atoms with Crippen LogP contribution in [0.2, 0.25) is 0 Å². The van der Waals surface area contributed by atoms with E-state index in [1.165, 1.54) is 17.3 Å². The number of hydrogen-bond acceptors (Lipinski definition) is 5. The molecule has 1 N–H and O–H groups in total. The Labute approximate surface area is 206 Å². The summed E-state index contributed by atoms with van der Waals surface area (Å²) in [4.78, 5) is 26.0. The van der Waals surface area contributed by atoms with Crippen LogP contribution in [0.25, 0.3) is 22.4 Å². The van der Waals surface area contributed by atoms with Crippen LogP contribution in [0, 0.1) is 0 Å². The van der Waals surface area contributed by atoms with E-state index in [9.17, 15) is 9.59 Å². The quantitative estimate of drug-likeness (QED) is 0.334. The monoisotopic (exact) mass is 483 g/mol. The molecule has 1 atom stereocenters. The maximum atomic E-state index is 13.3. The molecule has 3 aromatic carbocycles. The van der Waals surface area contributed by atoms with Crippen molar-refractivity contribution >= 4 is 34.3 Å². The van der Waals surface area contributed by atoms with Crippen molar-refractivity contribution in [3.05, 3.63) is 101 Å². The lowest BCUT2D eigenvalue weighted by atomic mass is 10.1. The second kappa shape index (κ2) is 10.1. The first-order valence-corrected chi connectivity index (χ1v) is 12.5. The molecule has 35 heavy (non-hydrogen) atoms. The van der Waals surface area contributed by atoms with Gasteiger partial charge < -0.3 is 5.32 Å². The first-order valence-electron chi connectivity index (χ1n) is 11.5. The number of amides is 1. The van der Waals surface area contributed by atoms with Crippen LogP contribution >= 0.6 is 11.8 Å². The number of para-hydroxylation sites is 2. The van der Waals surface area contributed by atoms with Crippen LogP contribution < -0.4 is 10.9 Å². The van der Waals surface area contributed by atoms with Crippen LogP contribution in [-0.4, -0.2) is 36.9 Å². The summed E-state index contributed by atoms with van der Waals surface area (Å²) in [5.41, 5.74) is 2.52. The molecule has 0 aliphatic heterocycles. The molecule has 0 unspecified atom stereocenters. The summed E-state index contributed by atoms with van der Waals surface area (Å²) in [6.45, 7) is 2.02.